The van der Waals surface area contributed by atoms with Gasteiger partial charge in [-0.25, -0.2) is 0 Å². The average Bonchev–Trinajstić information content (AvgIpc) is 2.30. The molecule has 0 radical (unpaired) electrons. The van der Waals surface area contributed by atoms with Crippen LogP contribution in [0.15, 0.2) is 11.4 Å². The molecule has 0 amide bonds. The molecule has 0 aliphatic carbocycles. The quantitative estimate of drug-likeness (QED) is 0.771. The fourth-order valence-corrected chi connectivity index (χ4v) is 2.31. The summed E-state index contributed by atoms with van der Waals surface area (Å²) >= 11 is 1.65. The summed E-state index contributed by atoms with van der Waals surface area (Å²) in [5.74, 6) is 0. The molecule has 1 atom stereocenters. The molecule has 2 heteroatoms. The molecule has 0 saturated carbocycles. The highest BCUT2D eigenvalue weighted by Gasteiger charge is 2.19. The van der Waals surface area contributed by atoms with E-state index in [0.717, 1.165) is 11.3 Å². The van der Waals surface area contributed by atoms with Gasteiger partial charge in [-0.1, -0.05) is 20.8 Å². The second-order valence-electron chi connectivity index (χ2n) is 4.75. The average molecular weight is 198 g/mol. The Labute approximate surface area is 84.4 Å². The smallest absolute Gasteiger partial charge is 0.0889 e. The molecule has 1 rings (SSSR count). The minimum Gasteiger partial charge on any atom is -0.388 e. The summed E-state index contributed by atoms with van der Waals surface area (Å²) < 4.78 is 0. The van der Waals surface area contributed by atoms with Gasteiger partial charge in [0.15, 0.2) is 0 Å². The van der Waals surface area contributed by atoms with Crippen molar-refractivity contribution in [3.8, 4) is 0 Å². The third-order valence-electron chi connectivity index (χ3n) is 2.01. The Balaban J connectivity index is 2.69. The van der Waals surface area contributed by atoms with Crippen LogP contribution in [0.3, 0.4) is 0 Å². The van der Waals surface area contributed by atoms with E-state index in [1.165, 1.54) is 5.56 Å². The van der Waals surface area contributed by atoms with E-state index in [4.69, 9.17) is 0 Å². The third-order valence-corrected chi connectivity index (χ3v) is 3.13. The van der Waals surface area contributed by atoms with Gasteiger partial charge < -0.3 is 5.11 Å². The van der Waals surface area contributed by atoms with Crippen molar-refractivity contribution in [1.29, 1.82) is 0 Å². The molecular formula is C11H18OS. The lowest BCUT2D eigenvalue weighted by Gasteiger charge is -2.22. The van der Waals surface area contributed by atoms with Crippen LogP contribution in [0, 0.1) is 12.3 Å². The van der Waals surface area contributed by atoms with Crippen LogP contribution in [0.1, 0.15) is 43.7 Å². The SMILES string of the molecule is Cc1ccsc1C(O)CC(C)(C)C. The Kier molecular flexibility index (Phi) is 3.14. The summed E-state index contributed by atoms with van der Waals surface area (Å²) in [6.07, 6.45) is 0.536. The summed E-state index contributed by atoms with van der Waals surface area (Å²) in [4.78, 5) is 1.12. The van der Waals surface area contributed by atoms with Gasteiger partial charge in [0.1, 0.15) is 0 Å². The van der Waals surface area contributed by atoms with Crippen molar-refractivity contribution in [2.45, 2.75) is 40.2 Å². The molecule has 0 spiro atoms. The monoisotopic (exact) mass is 198 g/mol. The van der Waals surface area contributed by atoms with Crippen molar-refractivity contribution in [2.24, 2.45) is 5.41 Å². The lowest BCUT2D eigenvalue weighted by atomic mass is 9.88. The van der Waals surface area contributed by atoms with Crippen molar-refractivity contribution in [3.05, 3.63) is 21.9 Å². The van der Waals surface area contributed by atoms with Gasteiger partial charge in [0, 0.05) is 4.88 Å². The van der Waals surface area contributed by atoms with Gasteiger partial charge in [-0.15, -0.1) is 11.3 Å². The predicted molar refractivity (Wildman–Crippen MR) is 58.1 cm³/mol. The zero-order chi connectivity index (χ0) is 10.1. The lowest BCUT2D eigenvalue weighted by Crippen LogP contribution is -2.11. The first kappa shape index (κ1) is 10.7. The van der Waals surface area contributed by atoms with Crippen LogP contribution in [0.4, 0.5) is 0 Å². The van der Waals surface area contributed by atoms with Crippen molar-refractivity contribution >= 4 is 11.3 Å². The number of hydrogen-bond donors (Lipinski definition) is 1. The highest BCUT2D eigenvalue weighted by atomic mass is 32.1. The largest absolute Gasteiger partial charge is 0.388 e. The molecule has 1 N–H and O–H groups in total. The maximum Gasteiger partial charge on any atom is 0.0889 e. The van der Waals surface area contributed by atoms with E-state index in [9.17, 15) is 5.11 Å². The summed E-state index contributed by atoms with van der Waals surface area (Å²) in [6, 6.07) is 2.06. The summed E-state index contributed by atoms with van der Waals surface area (Å²) in [7, 11) is 0. The molecule has 13 heavy (non-hydrogen) atoms. The number of thiophene rings is 1. The van der Waals surface area contributed by atoms with E-state index in [1.54, 1.807) is 11.3 Å². The van der Waals surface area contributed by atoms with Crippen LogP contribution in [-0.2, 0) is 0 Å². The van der Waals surface area contributed by atoms with Gasteiger partial charge in [0.2, 0.25) is 0 Å². The number of rotatable bonds is 2. The van der Waals surface area contributed by atoms with E-state index < -0.39 is 0 Å². The number of aryl methyl sites for hydroxylation is 1. The maximum atomic E-state index is 9.94. The van der Waals surface area contributed by atoms with Gasteiger partial charge in [-0.3, -0.25) is 0 Å². The van der Waals surface area contributed by atoms with Gasteiger partial charge in [0.25, 0.3) is 0 Å². The molecule has 0 bridgehead atoms. The van der Waals surface area contributed by atoms with Crippen LogP contribution in [0.5, 0.6) is 0 Å². The molecule has 0 aliphatic heterocycles. The molecule has 1 heterocycles. The zero-order valence-corrected chi connectivity index (χ0v) is 9.61. The second kappa shape index (κ2) is 3.81. The van der Waals surface area contributed by atoms with Crippen LogP contribution in [0.2, 0.25) is 0 Å². The van der Waals surface area contributed by atoms with Crippen molar-refractivity contribution in [3.63, 3.8) is 0 Å². The zero-order valence-electron chi connectivity index (χ0n) is 8.79. The van der Waals surface area contributed by atoms with Gasteiger partial charge in [-0.05, 0) is 35.8 Å². The van der Waals surface area contributed by atoms with Crippen LogP contribution in [-0.4, -0.2) is 5.11 Å². The standard InChI is InChI=1S/C11H18OS/c1-8-5-6-13-10(8)9(12)7-11(2,3)4/h5-6,9,12H,7H2,1-4H3. The summed E-state index contributed by atoms with van der Waals surface area (Å²) in [6.45, 7) is 8.51. The number of hydrogen-bond acceptors (Lipinski definition) is 2. The topological polar surface area (TPSA) is 20.2 Å². The molecule has 0 aliphatic rings. The van der Waals surface area contributed by atoms with Crippen molar-refractivity contribution in [2.75, 3.05) is 0 Å². The molecular weight excluding hydrogens is 180 g/mol. The number of aliphatic hydroxyl groups is 1. The van der Waals surface area contributed by atoms with Crippen LogP contribution in [0.25, 0.3) is 0 Å². The second-order valence-corrected chi connectivity index (χ2v) is 5.70. The van der Waals surface area contributed by atoms with E-state index in [-0.39, 0.29) is 11.5 Å². The van der Waals surface area contributed by atoms with Crippen LogP contribution < -0.4 is 0 Å². The first-order valence-corrected chi connectivity index (χ1v) is 5.50. The Morgan fingerprint density at radius 1 is 1.46 bits per heavy atom. The summed E-state index contributed by atoms with van der Waals surface area (Å²) in [5, 5.41) is 12.0. The molecule has 1 unspecified atom stereocenters. The number of aliphatic hydroxyl groups excluding tert-OH is 1. The molecule has 1 nitrogen and oxygen atoms in total. The fraction of sp³-hybridized carbons (Fsp3) is 0.636. The molecule has 74 valence electrons. The van der Waals surface area contributed by atoms with E-state index in [0.29, 0.717) is 0 Å². The van der Waals surface area contributed by atoms with Crippen molar-refractivity contribution < 1.29 is 5.11 Å². The molecule has 0 fully saturated rings. The predicted octanol–water partition coefficient (Wildman–Crippen LogP) is 3.53. The van der Waals surface area contributed by atoms with E-state index >= 15 is 0 Å². The first-order chi connectivity index (χ1) is 5.90. The minimum absolute atomic E-state index is 0.190. The Morgan fingerprint density at radius 2 is 2.08 bits per heavy atom. The highest BCUT2D eigenvalue weighted by molar-refractivity contribution is 7.10. The Morgan fingerprint density at radius 3 is 2.46 bits per heavy atom. The lowest BCUT2D eigenvalue weighted by molar-refractivity contribution is 0.125. The van der Waals surface area contributed by atoms with Crippen molar-refractivity contribution in [1.82, 2.24) is 0 Å². The normalized spacial score (nSPS) is 14.5. The highest BCUT2D eigenvalue weighted by Crippen LogP contribution is 2.33. The molecule has 0 saturated heterocycles. The third kappa shape index (κ3) is 3.12. The van der Waals surface area contributed by atoms with E-state index in [2.05, 4.69) is 33.8 Å². The first-order valence-electron chi connectivity index (χ1n) is 4.62. The molecule has 0 aromatic carbocycles. The molecule has 1 aromatic heterocycles. The van der Waals surface area contributed by atoms with Gasteiger partial charge >= 0.3 is 0 Å². The van der Waals surface area contributed by atoms with Gasteiger partial charge in [-0.2, -0.15) is 0 Å². The Bertz CT molecular complexity index is 270. The maximum absolute atomic E-state index is 9.94. The molecule has 1 aromatic rings. The minimum atomic E-state index is -0.292. The van der Waals surface area contributed by atoms with Gasteiger partial charge in [0.05, 0.1) is 6.10 Å². The summed E-state index contributed by atoms with van der Waals surface area (Å²) in [5.41, 5.74) is 1.40. The Hall–Kier alpha value is -0.340. The van der Waals surface area contributed by atoms with Crippen LogP contribution >= 0.6 is 11.3 Å². The fourth-order valence-electron chi connectivity index (χ4n) is 1.40. The van der Waals surface area contributed by atoms with E-state index in [1.807, 2.05) is 5.38 Å².